The van der Waals surface area contributed by atoms with Gasteiger partial charge in [-0.3, -0.25) is 33.6 Å². The van der Waals surface area contributed by atoms with Gasteiger partial charge in [0.15, 0.2) is 5.78 Å². The first-order valence-electron chi connectivity index (χ1n) is 21.1. The van der Waals surface area contributed by atoms with Crippen molar-refractivity contribution in [2.75, 3.05) is 19.7 Å². The smallest absolute Gasteiger partial charge is 0.471 e. The van der Waals surface area contributed by atoms with E-state index < -0.39 is 74.7 Å². The molecule has 0 saturated heterocycles. The summed E-state index contributed by atoms with van der Waals surface area (Å²) in [5.41, 5.74) is 12.9. The number of hydrogen-bond donors (Lipinski definition) is 8. The van der Waals surface area contributed by atoms with Gasteiger partial charge in [-0.05, 0) is 89.1 Å². The number of aromatic amines is 1. The Morgan fingerprint density at radius 1 is 0.923 bits per heavy atom. The summed E-state index contributed by atoms with van der Waals surface area (Å²) >= 11 is 0. The molecule has 0 unspecified atom stereocenters. The number of carbonyl (C=O) groups excluding carboxylic acids is 7. The van der Waals surface area contributed by atoms with Gasteiger partial charge in [-0.1, -0.05) is 51.9 Å². The molecule has 21 heteroatoms. The predicted molar refractivity (Wildman–Crippen MR) is 243 cm³/mol. The van der Waals surface area contributed by atoms with Crippen molar-refractivity contribution in [3.05, 3.63) is 65.4 Å². The minimum Gasteiger partial charge on any atom is -0.492 e. The second-order valence-corrected chi connectivity index (χ2v) is 20.4. The maximum Gasteiger partial charge on any atom is 0.471 e. The number of aromatic nitrogens is 1. The molecular weight excluding hydrogens is 890 g/mol. The Labute approximate surface area is 383 Å². The summed E-state index contributed by atoms with van der Waals surface area (Å²) in [5.74, 6) is -5.55. The molecule has 356 valence electrons. The second-order valence-electron chi connectivity index (χ2n) is 17.0. The first kappa shape index (κ1) is 52.3. The van der Waals surface area contributed by atoms with Crippen molar-refractivity contribution in [1.29, 1.82) is 0 Å². The van der Waals surface area contributed by atoms with Gasteiger partial charge >= 0.3 is 12.1 Å². The number of nitrogens with two attached hydrogens (primary N) is 2. The lowest BCUT2D eigenvalue weighted by Crippen LogP contribution is -2.62. The second kappa shape index (κ2) is 22.3. The molecule has 0 spiro atoms. The van der Waals surface area contributed by atoms with Gasteiger partial charge in [0.25, 0.3) is 0 Å². The number of primary amides is 1. The van der Waals surface area contributed by atoms with Crippen molar-refractivity contribution in [3.63, 3.8) is 0 Å². The molecule has 1 saturated carbocycles. The molecule has 1 aromatic heterocycles. The summed E-state index contributed by atoms with van der Waals surface area (Å²) < 4.78 is 42.8. The minimum atomic E-state index is -5.25. The summed E-state index contributed by atoms with van der Waals surface area (Å²) in [5, 5.41) is 13.7. The number of hydrogen-bond acceptors (Lipinski definition) is 11. The number of benzene rings is 2. The summed E-state index contributed by atoms with van der Waals surface area (Å²) in [7, 11) is 1.89. The minimum absolute atomic E-state index is 0.0132. The standard InChI is InChI=1S/C44H59F3N8O8S2/c1-25-10-9-11-30-28(24-51-35(25)30)15-18-34(58)52-31(12-7-8-20-50-26(2)56)38(60)54-36(39(61)53-32(37(49)59)22-27-13-16-29(17-14-27)63-21-19-48)41(3,4)64-65-42(5,6)43(23-33(43)57)55-40(62)44(45,46)47/h9-11,13-14,16-17,24,31-32,36,51H,7-8,12,15,18-23,48H2,1-6H3,(H2,49,59)(H,50,56)(H,52,58)(H,53,61)(H,54,60)(H,55,62)/t31-,32-,36+,43-/m0/s1. The topological polar surface area (TPSA) is 257 Å². The van der Waals surface area contributed by atoms with Gasteiger partial charge in [-0.15, -0.1) is 0 Å². The highest BCUT2D eigenvalue weighted by Gasteiger charge is 2.66. The molecule has 0 aliphatic heterocycles. The molecule has 65 heavy (non-hydrogen) atoms. The number of halogens is 3. The number of alkyl halides is 3. The van der Waals surface area contributed by atoms with Crippen molar-refractivity contribution in [2.45, 2.75) is 126 Å². The van der Waals surface area contributed by atoms with Gasteiger partial charge in [-0.25, -0.2) is 0 Å². The SMILES string of the molecule is CC(=O)NCCCC[C@H](NC(=O)CCc1c[nH]c2c(C)cccc12)C(=O)N[C@H](C(=O)N[C@@H](Cc1ccc(OCCN)cc1)C(N)=O)C(C)(C)SSC(C)(C)[C@]1(NC(=O)C(F)(F)F)CC1=O. The number of unbranched alkanes of at least 4 members (excludes halogenated alkanes) is 1. The van der Waals surface area contributed by atoms with Crippen LogP contribution in [0.1, 0.15) is 83.4 Å². The van der Waals surface area contributed by atoms with Gasteiger partial charge < -0.3 is 47.8 Å². The predicted octanol–water partition coefficient (Wildman–Crippen LogP) is 3.56. The molecule has 3 aromatic rings. The van der Waals surface area contributed by atoms with Crippen LogP contribution in [0.5, 0.6) is 5.75 Å². The number of para-hydroxylation sites is 1. The number of amides is 6. The third-order valence-corrected chi connectivity index (χ3v) is 15.4. The van der Waals surface area contributed by atoms with E-state index in [1.165, 1.54) is 20.8 Å². The summed E-state index contributed by atoms with van der Waals surface area (Å²) in [4.78, 5) is 94.7. The van der Waals surface area contributed by atoms with Gasteiger partial charge in [0.2, 0.25) is 29.5 Å². The fourth-order valence-corrected chi connectivity index (χ4v) is 10.2. The van der Waals surface area contributed by atoms with E-state index in [1.54, 1.807) is 38.1 Å². The van der Waals surface area contributed by atoms with Crippen LogP contribution in [0, 0.1) is 6.92 Å². The van der Waals surface area contributed by atoms with Crippen LogP contribution in [0.15, 0.2) is 48.7 Å². The normalized spacial score (nSPS) is 16.5. The van der Waals surface area contributed by atoms with Crippen molar-refractivity contribution < 1.29 is 51.5 Å². The maximum absolute atomic E-state index is 14.5. The summed E-state index contributed by atoms with van der Waals surface area (Å²) in [6.45, 7) is 10.3. The number of ether oxygens (including phenoxy) is 1. The van der Waals surface area contributed by atoms with Gasteiger partial charge in [-0.2, -0.15) is 13.2 Å². The van der Waals surface area contributed by atoms with Crippen LogP contribution in [0.4, 0.5) is 13.2 Å². The molecule has 4 atom stereocenters. The van der Waals surface area contributed by atoms with E-state index in [2.05, 4.69) is 26.3 Å². The monoisotopic (exact) mass is 948 g/mol. The molecule has 1 aliphatic rings. The van der Waals surface area contributed by atoms with E-state index in [-0.39, 0.29) is 38.2 Å². The number of nitrogens with one attached hydrogen (secondary N) is 6. The first-order valence-corrected chi connectivity index (χ1v) is 23.3. The highest BCUT2D eigenvalue weighted by atomic mass is 33.1. The largest absolute Gasteiger partial charge is 0.492 e. The third kappa shape index (κ3) is 14.4. The number of aryl methyl sites for hydroxylation is 2. The van der Waals surface area contributed by atoms with E-state index in [9.17, 15) is 46.7 Å². The molecule has 1 fully saturated rings. The zero-order valence-electron chi connectivity index (χ0n) is 37.3. The average molecular weight is 949 g/mol. The number of carbonyl (C=O) groups is 7. The Kier molecular flexibility index (Phi) is 17.9. The molecular formula is C44H59F3N8O8S2. The number of H-pyrrole nitrogens is 1. The van der Waals surface area contributed by atoms with Crippen LogP contribution < -0.4 is 42.8 Å². The molecule has 4 rings (SSSR count). The van der Waals surface area contributed by atoms with Gasteiger partial charge in [0, 0.05) is 61.1 Å². The van der Waals surface area contributed by atoms with Crippen LogP contribution in [0.3, 0.4) is 0 Å². The Morgan fingerprint density at radius 2 is 1.60 bits per heavy atom. The lowest BCUT2D eigenvalue weighted by molar-refractivity contribution is -0.175. The van der Waals surface area contributed by atoms with Gasteiger partial charge in [0.05, 0.1) is 4.75 Å². The zero-order chi connectivity index (χ0) is 48.3. The number of ketones is 1. The Morgan fingerprint density at radius 3 is 2.20 bits per heavy atom. The van der Waals surface area contributed by atoms with Crippen molar-refractivity contribution in [1.82, 2.24) is 31.6 Å². The summed E-state index contributed by atoms with van der Waals surface area (Å²) in [6.07, 6.45) is -2.54. The van der Waals surface area contributed by atoms with Crippen LogP contribution in [-0.4, -0.2) is 105 Å². The molecule has 1 aliphatic carbocycles. The van der Waals surface area contributed by atoms with Gasteiger partial charge in [0.1, 0.15) is 36.0 Å². The number of rotatable bonds is 25. The molecule has 0 radical (unpaired) electrons. The van der Waals surface area contributed by atoms with E-state index in [4.69, 9.17) is 16.2 Å². The molecule has 1 heterocycles. The lowest BCUT2D eigenvalue weighted by atomic mass is 9.99. The average Bonchev–Trinajstić information content (AvgIpc) is 3.70. The van der Waals surface area contributed by atoms with E-state index in [0.717, 1.165) is 43.6 Å². The zero-order valence-corrected chi connectivity index (χ0v) is 38.9. The fraction of sp³-hybridized carbons (Fsp3) is 0.523. The maximum atomic E-state index is 14.5. The Balaban J connectivity index is 1.61. The number of Topliss-reactive ketones (excluding diaryl/α,β-unsaturated/α-hetero) is 1. The highest BCUT2D eigenvalue weighted by molar-refractivity contribution is 8.77. The molecule has 10 N–H and O–H groups in total. The third-order valence-electron chi connectivity index (χ3n) is 11.1. The van der Waals surface area contributed by atoms with Crippen molar-refractivity contribution >= 4 is 73.7 Å². The van der Waals surface area contributed by atoms with Crippen molar-refractivity contribution in [3.8, 4) is 5.75 Å². The van der Waals surface area contributed by atoms with E-state index in [1.807, 2.05) is 36.6 Å². The quantitative estimate of drug-likeness (QED) is 0.0450. The van der Waals surface area contributed by atoms with Crippen LogP contribution in [-0.2, 0) is 46.4 Å². The molecule has 2 aromatic carbocycles. The molecule has 0 bridgehead atoms. The molecule has 16 nitrogen and oxygen atoms in total. The lowest BCUT2D eigenvalue weighted by Gasteiger charge is -2.39. The van der Waals surface area contributed by atoms with Crippen LogP contribution in [0.2, 0.25) is 0 Å². The fourth-order valence-electron chi connectivity index (χ4n) is 7.11. The Bertz CT molecular complexity index is 2220. The first-order chi connectivity index (χ1) is 30.4. The Hall–Kier alpha value is -5.28. The highest BCUT2D eigenvalue weighted by Crippen LogP contribution is 2.55. The summed E-state index contributed by atoms with van der Waals surface area (Å²) in [6, 6.07) is 8.54. The van der Waals surface area contributed by atoms with E-state index in [0.29, 0.717) is 43.7 Å². The number of fused-ring (bicyclic) bond motifs is 1. The molecule has 6 amide bonds. The van der Waals surface area contributed by atoms with Crippen molar-refractivity contribution in [2.24, 2.45) is 11.5 Å². The van der Waals surface area contributed by atoms with Crippen LogP contribution >= 0.6 is 21.6 Å². The van der Waals surface area contributed by atoms with Crippen LogP contribution in [0.25, 0.3) is 10.9 Å². The van der Waals surface area contributed by atoms with E-state index >= 15 is 0 Å².